The predicted octanol–water partition coefficient (Wildman–Crippen LogP) is -4.42. The van der Waals surface area contributed by atoms with Gasteiger partial charge >= 0.3 is 0 Å². The Kier molecular flexibility index (Phi) is 21.8. The molecule has 1 saturated carbocycles. The fraction of sp³-hybridized carbons (Fsp3) is 0.591. The molecule has 1 aromatic carbocycles. The first-order chi connectivity index (χ1) is 32.5. The lowest BCUT2D eigenvalue weighted by molar-refractivity contribution is -0.141. The van der Waals surface area contributed by atoms with Gasteiger partial charge in [0.2, 0.25) is 70.9 Å². The number of phenolic OH excluding ortho intramolecular Hbond substituents is 1. The minimum atomic E-state index is -1.83. The van der Waals surface area contributed by atoms with Crippen LogP contribution in [0, 0.1) is 11.8 Å². The van der Waals surface area contributed by atoms with Gasteiger partial charge in [-0.25, -0.2) is 0 Å². The number of hydrogen-bond donors (Lipinski definition) is 12. The van der Waals surface area contributed by atoms with E-state index < -0.39 is 171 Å². The van der Waals surface area contributed by atoms with Gasteiger partial charge in [-0.1, -0.05) is 46.2 Å². The molecule has 1 saturated heterocycles. The van der Waals surface area contributed by atoms with Crippen LogP contribution in [-0.2, 0) is 64.0 Å². The monoisotopic (exact) mass is 970 g/mol. The number of aromatic hydroxyl groups is 1. The second kappa shape index (κ2) is 26.9. The zero-order chi connectivity index (χ0) is 51.5. The molecule has 380 valence electrons. The number of amides is 12. The maximum atomic E-state index is 14.4. The molecule has 25 nitrogen and oxygen atoms in total. The van der Waals surface area contributed by atoms with Gasteiger partial charge in [-0.3, -0.25) is 57.5 Å². The molecule has 0 aromatic heterocycles. The van der Waals surface area contributed by atoms with Crippen LogP contribution < -0.4 is 59.7 Å². The van der Waals surface area contributed by atoms with Crippen molar-refractivity contribution in [3.05, 3.63) is 29.8 Å². The van der Waals surface area contributed by atoms with Crippen LogP contribution >= 0.6 is 0 Å². The quantitative estimate of drug-likeness (QED) is 0.0624. The Morgan fingerprint density at radius 1 is 0.754 bits per heavy atom. The summed E-state index contributed by atoms with van der Waals surface area (Å²) >= 11 is 0. The number of benzene rings is 1. The standard InChI is InChI=1S/C44H66N12O13/c1-5-23(4)38-43(68)52-27(12-13-32(45)58)40(65)53-30(18-33(46)59)41(66)54-31(19-48-35(61)14-15-36(62)50-29(42(67)55-38)17-24-6-10-26(57)11-7-24)44(69)56(25-8-9-25)21-37(63)51-28(16-22(2)3)39(64)49-20-34(47)60/h6-7,10-11,22-23,25,27-31,38,57H,5,8-9,12-21H2,1-4H3,(H2,45,58)(H2,46,59)(H2,47,60)(H,48,61)(H,49,64)(H,50,62)(H,51,63)(H,52,68)(H,53,65)(H,54,66)(H,55,67)/t23-,27-,28-,29-,30-,31-,38-/m0/s1. The van der Waals surface area contributed by atoms with E-state index in [1.54, 1.807) is 27.7 Å². The third-order valence-corrected chi connectivity index (χ3v) is 11.2. The van der Waals surface area contributed by atoms with Crippen LogP contribution in [-0.4, -0.2) is 143 Å². The van der Waals surface area contributed by atoms with Gasteiger partial charge in [-0.05, 0) is 55.2 Å². The second-order valence-electron chi connectivity index (χ2n) is 17.7. The molecular weight excluding hydrogens is 905 g/mol. The van der Waals surface area contributed by atoms with Crippen LogP contribution in [0.2, 0.25) is 0 Å². The van der Waals surface area contributed by atoms with Crippen molar-refractivity contribution >= 4 is 70.9 Å². The van der Waals surface area contributed by atoms with Crippen molar-refractivity contribution in [3.8, 4) is 5.75 Å². The largest absolute Gasteiger partial charge is 0.508 e. The van der Waals surface area contributed by atoms with Crippen LogP contribution in [0.5, 0.6) is 5.75 Å². The van der Waals surface area contributed by atoms with Crippen molar-refractivity contribution in [2.45, 2.75) is 134 Å². The zero-order valence-electron chi connectivity index (χ0n) is 39.2. The fourth-order valence-electron chi connectivity index (χ4n) is 7.17. The summed E-state index contributed by atoms with van der Waals surface area (Å²) in [6.07, 6.45) is -1.53. The number of hydrogen-bond acceptors (Lipinski definition) is 13. The van der Waals surface area contributed by atoms with Crippen molar-refractivity contribution in [2.24, 2.45) is 29.0 Å². The van der Waals surface area contributed by atoms with Crippen LogP contribution in [0.1, 0.15) is 91.0 Å². The highest BCUT2D eigenvalue weighted by molar-refractivity contribution is 5.99. The van der Waals surface area contributed by atoms with Crippen LogP contribution in [0.3, 0.4) is 0 Å². The first kappa shape index (κ1) is 56.0. The highest BCUT2D eigenvalue weighted by Gasteiger charge is 2.40. The van der Waals surface area contributed by atoms with Crippen molar-refractivity contribution in [1.29, 1.82) is 0 Å². The van der Waals surface area contributed by atoms with E-state index in [0.717, 1.165) is 4.90 Å². The number of nitrogens with zero attached hydrogens (tertiary/aromatic N) is 1. The fourth-order valence-corrected chi connectivity index (χ4v) is 7.17. The molecule has 25 heteroatoms. The molecule has 0 unspecified atom stereocenters. The Labute approximate surface area is 398 Å². The molecule has 69 heavy (non-hydrogen) atoms. The number of nitrogens with two attached hydrogens (primary N) is 3. The van der Waals surface area contributed by atoms with Gasteiger partial charge in [-0.15, -0.1) is 0 Å². The summed E-state index contributed by atoms with van der Waals surface area (Å²) in [4.78, 5) is 160. The molecule has 3 rings (SSSR count). The summed E-state index contributed by atoms with van der Waals surface area (Å²) in [6, 6.07) is -3.76. The molecule has 2 aliphatic rings. The molecule has 12 amide bonds. The number of nitrogens with one attached hydrogen (secondary N) is 8. The lowest BCUT2D eigenvalue weighted by atomic mass is 9.96. The van der Waals surface area contributed by atoms with Gasteiger partial charge in [0.15, 0.2) is 0 Å². The first-order valence-electron chi connectivity index (χ1n) is 22.8. The zero-order valence-corrected chi connectivity index (χ0v) is 39.2. The SMILES string of the molecule is CC[C@H](C)[C@@H]1NC(=O)[C@H](Cc2ccc(O)cc2)NC(=O)CCC(=O)NC[C@@H](C(=O)N(CC(=O)N[C@@H](CC(C)C)C(=O)NCC(N)=O)C2CC2)NC(=O)[C@H](CC(N)=O)NC(=O)[C@H](CCC(N)=O)NC1=O. The predicted molar refractivity (Wildman–Crippen MR) is 244 cm³/mol. The van der Waals surface area contributed by atoms with E-state index in [1.165, 1.54) is 24.3 Å². The van der Waals surface area contributed by atoms with E-state index >= 15 is 0 Å². The summed E-state index contributed by atoms with van der Waals surface area (Å²) in [6.45, 7) is 5.14. The molecule has 0 radical (unpaired) electrons. The third-order valence-electron chi connectivity index (χ3n) is 11.2. The topological polar surface area (TPSA) is 403 Å². The first-order valence-corrected chi connectivity index (χ1v) is 22.8. The van der Waals surface area contributed by atoms with E-state index in [0.29, 0.717) is 24.8 Å². The molecule has 15 N–H and O–H groups in total. The van der Waals surface area contributed by atoms with Gasteiger partial charge in [-0.2, -0.15) is 0 Å². The van der Waals surface area contributed by atoms with E-state index in [1.807, 2.05) is 0 Å². The van der Waals surface area contributed by atoms with Gasteiger partial charge in [0.05, 0.1) is 19.5 Å². The lowest BCUT2D eigenvalue weighted by Gasteiger charge is -2.30. The number of primary amides is 3. The third kappa shape index (κ3) is 19.4. The van der Waals surface area contributed by atoms with Crippen LogP contribution in [0.4, 0.5) is 0 Å². The average Bonchev–Trinajstić information content (AvgIpc) is 4.13. The van der Waals surface area contributed by atoms with Gasteiger partial charge in [0.1, 0.15) is 42.0 Å². The highest BCUT2D eigenvalue weighted by Crippen LogP contribution is 2.27. The average molecular weight is 971 g/mol. The Bertz CT molecular complexity index is 2080. The summed E-state index contributed by atoms with van der Waals surface area (Å²) in [5.74, 6) is -11.5. The summed E-state index contributed by atoms with van der Waals surface area (Å²) in [5, 5.41) is 29.7. The number of rotatable bonds is 19. The molecule has 2 fully saturated rings. The van der Waals surface area contributed by atoms with E-state index in [-0.39, 0.29) is 24.5 Å². The Morgan fingerprint density at radius 2 is 1.36 bits per heavy atom. The maximum Gasteiger partial charge on any atom is 0.247 e. The number of phenols is 1. The van der Waals surface area contributed by atoms with Crippen molar-refractivity contribution in [2.75, 3.05) is 19.6 Å². The number of carbonyl (C=O) groups is 12. The minimum absolute atomic E-state index is 0.0658. The normalized spacial score (nSPS) is 21.9. The van der Waals surface area contributed by atoms with E-state index in [2.05, 4.69) is 42.5 Å². The maximum absolute atomic E-state index is 14.4. The summed E-state index contributed by atoms with van der Waals surface area (Å²) < 4.78 is 0. The Balaban J connectivity index is 2.05. The Hall–Kier alpha value is -7.34. The van der Waals surface area contributed by atoms with E-state index in [4.69, 9.17) is 17.2 Å². The van der Waals surface area contributed by atoms with Crippen LogP contribution in [0.25, 0.3) is 0 Å². The van der Waals surface area contributed by atoms with Gasteiger partial charge in [0, 0.05) is 38.3 Å². The molecule has 0 spiro atoms. The number of carbonyl (C=O) groups excluding carboxylic acids is 12. The molecule has 1 heterocycles. The lowest BCUT2D eigenvalue weighted by Crippen LogP contribution is -2.62. The van der Waals surface area contributed by atoms with Gasteiger partial charge in [0.25, 0.3) is 0 Å². The van der Waals surface area contributed by atoms with Crippen LogP contribution in [0.15, 0.2) is 24.3 Å². The summed E-state index contributed by atoms with van der Waals surface area (Å²) in [5.41, 5.74) is 16.5. The van der Waals surface area contributed by atoms with Crippen molar-refractivity contribution < 1.29 is 62.6 Å². The molecule has 0 bridgehead atoms. The second-order valence-corrected chi connectivity index (χ2v) is 17.7. The van der Waals surface area contributed by atoms with E-state index in [9.17, 15) is 62.6 Å². The summed E-state index contributed by atoms with van der Waals surface area (Å²) in [7, 11) is 0. The highest BCUT2D eigenvalue weighted by atomic mass is 16.3. The molecule has 1 aromatic rings. The Morgan fingerprint density at radius 3 is 1.94 bits per heavy atom. The minimum Gasteiger partial charge on any atom is -0.508 e. The molecular formula is C44H66N12O13. The molecule has 7 atom stereocenters. The smallest absolute Gasteiger partial charge is 0.247 e. The molecule has 1 aliphatic carbocycles. The van der Waals surface area contributed by atoms with Crippen molar-refractivity contribution in [1.82, 2.24) is 47.4 Å². The van der Waals surface area contributed by atoms with Crippen molar-refractivity contribution in [3.63, 3.8) is 0 Å². The molecule has 1 aliphatic heterocycles. The van der Waals surface area contributed by atoms with Gasteiger partial charge < -0.3 is 69.7 Å².